The number of rotatable bonds is 2. The van der Waals surface area contributed by atoms with E-state index in [2.05, 4.69) is 33.0 Å². The SMILES string of the molecule is CC(=NNC(=S)N1CCCCCC1)c1ccccn1.N#C[S-].[Ni]. The van der Waals surface area contributed by atoms with E-state index in [9.17, 15) is 0 Å². The molecule has 1 aliphatic heterocycles. The predicted octanol–water partition coefficient (Wildman–Crippen LogP) is 2.57. The fraction of sp³-hybridized carbons (Fsp3) is 0.467. The van der Waals surface area contributed by atoms with E-state index in [0.29, 0.717) is 0 Å². The van der Waals surface area contributed by atoms with Gasteiger partial charge in [0.15, 0.2) is 5.11 Å². The minimum absolute atomic E-state index is 0. The second-order valence-corrected chi connectivity index (χ2v) is 5.39. The van der Waals surface area contributed by atoms with Crippen molar-refractivity contribution in [3.63, 3.8) is 0 Å². The first-order valence-electron chi connectivity index (χ1n) is 7.21. The molecule has 1 fully saturated rings. The topological polar surface area (TPSA) is 64.3 Å². The first-order valence-corrected chi connectivity index (χ1v) is 8.02. The van der Waals surface area contributed by atoms with Crippen LogP contribution in [0.4, 0.5) is 0 Å². The zero-order valence-electron chi connectivity index (χ0n) is 13.0. The molecule has 1 aliphatic rings. The van der Waals surface area contributed by atoms with E-state index < -0.39 is 0 Å². The summed E-state index contributed by atoms with van der Waals surface area (Å²) in [6.07, 6.45) is 6.79. The summed E-state index contributed by atoms with van der Waals surface area (Å²) in [5, 5.41) is 13.5. The second kappa shape index (κ2) is 13.2. The number of nitrogens with zero attached hydrogens (tertiary/aromatic N) is 4. The molecule has 8 heteroatoms. The molecule has 128 valence electrons. The molecule has 0 bridgehead atoms. The summed E-state index contributed by atoms with van der Waals surface area (Å²) in [4.78, 5) is 6.46. The van der Waals surface area contributed by atoms with Gasteiger partial charge < -0.3 is 17.5 Å². The third kappa shape index (κ3) is 8.80. The normalized spacial score (nSPS) is 14.3. The minimum atomic E-state index is 0. The number of nitriles is 1. The van der Waals surface area contributed by atoms with Crippen LogP contribution in [0.1, 0.15) is 38.3 Å². The number of likely N-dealkylation sites (tertiary alicyclic amines) is 1. The summed E-state index contributed by atoms with van der Waals surface area (Å²) >= 11 is 9.09. The van der Waals surface area contributed by atoms with Gasteiger partial charge in [0.25, 0.3) is 0 Å². The number of thiocyanates is 1. The van der Waals surface area contributed by atoms with E-state index in [1.54, 1.807) is 6.20 Å². The van der Waals surface area contributed by atoms with Crippen LogP contribution in [-0.2, 0) is 29.1 Å². The van der Waals surface area contributed by atoms with Crippen molar-refractivity contribution in [1.29, 1.82) is 5.26 Å². The van der Waals surface area contributed by atoms with Gasteiger partial charge in [-0.05, 0) is 44.1 Å². The van der Waals surface area contributed by atoms with Crippen LogP contribution in [0.5, 0.6) is 0 Å². The number of aromatic nitrogens is 1. The molecule has 1 N–H and O–H groups in total. The first kappa shape index (κ1) is 21.7. The summed E-state index contributed by atoms with van der Waals surface area (Å²) in [7, 11) is 0. The Labute approximate surface area is 158 Å². The summed E-state index contributed by atoms with van der Waals surface area (Å²) in [5.74, 6) is 0. The number of hydrazone groups is 1. The van der Waals surface area contributed by atoms with Gasteiger partial charge in [0.1, 0.15) is 0 Å². The Morgan fingerprint density at radius 2 is 1.96 bits per heavy atom. The molecule has 0 radical (unpaired) electrons. The van der Waals surface area contributed by atoms with Crippen LogP contribution >= 0.6 is 12.2 Å². The van der Waals surface area contributed by atoms with Crippen LogP contribution < -0.4 is 5.43 Å². The summed E-state index contributed by atoms with van der Waals surface area (Å²) in [5.41, 5.74) is 4.70. The monoisotopic (exact) mass is 392 g/mol. The van der Waals surface area contributed by atoms with Gasteiger partial charge in [-0.3, -0.25) is 10.4 Å². The van der Waals surface area contributed by atoms with E-state index in [-0.39, 0.29) is 16.5 Å². The molecule has 23 heavy (non-hydrogen) atoms. The van der Waals surface area contributed by atoms with Crippen LogP contribution in [0.3, 0.4) is 0 Å². The third-order valence-electron chi connectivity index (χ3n) is 3.25. The van der Waals surface area contributed by atoms with Crippen LogP contribution in [0.15, 0.2) is 29.5 Å². The Morgan fingerprint density at radius 3 is 2.48 bits per heavy atom. The maximum Gasteiger partial charge on any atom is 0.189 e. The molecule has 1 saturated heterocycles. The maximum absolute atomic E-state index is 7.13. The Morgan fingerprint density at radius 1 is 1.35 bits per heavy atom. The Kier molecular flexibility index (Phi) is 12.4. The number of hydrogen-bond donors (Lipinski definition) is 1. The number of nitrogens with one attached hydrogen (secondary N) is 1. The van der Waals surface area contributed by atoms with E-state index in [1.807, 2.05) is 25.1 Å². The van der Waals surface area contributed by atoms with Gasteiger partial charge in [0, 0.05) is 35.8 Å². The van der Waals surface area contributed by atoms with Gasteiger partial charge in [-0.1, -0.05) is 24.3 Å². The Bertz CT molecular complexity index is 522. The van der Waals surface area contributed by atoms with Crippen LogP contribution in [0, 0.1) is 10.7 Å². The molecule has 1 aromatic rings. The molecule has 0 atom stereocenters. The zero-order chi connectivity index (χ0) is 16.2. The molecule has 0 aliphatic carbocycles. The standard InChI is InChI=1S/C14H20N4S.CHNS.Ni/c1-12(13-8-4-5-9-15-13)16-17-14(19)18-10-6-2-3-7-11-18;2-1-3;/h4-5,8-9H,2-3,6-7,10-11H2,1H3,(H,17,19);3H;/p-1. The first-order chi connectivity index (χ1) is 10.7. The molecular weight excluding hydrogens is 373 g/mol. The summed E-state index contributed by atoms with van der Waals surface area (Å²) < 4.78 is 0. The van der Waals surface area contributed by atoms with Crippen molar-refractivity contribution in [2.45, 2.75) is 32.6 Å². The van der Waals surface area contributed by atoms with Crippen LogP contribution in [-0.4, -0.2) is 33.8 Å². The van der Waals surface area contributed by atoms with Crippen molar-refractivity contribution in [1.82, 2.24) is 15.3 Å². The summed E-state index contributed by atoms with van der Waals surface area (Å²) in [6, 6.07) is 5.79. The largest absolute Gasteiger partial charge is 0.696 e. The van der Waals surface area contributed by atoms with Crippen molar-refractivity contribution in [2.24, 2.45) is 5.10 Å². The molecule has 0 aromatic carbocycles. The zero-order valence-corrected chi connectivity index (χ0v) is 15.6. The summed E-state index contributed by atoms with van der Waals surface area (Å²) in [6.45, 7) is 3.99. The van der Waals surface area contributed by atoms with Crippen molar-refractivity contribution in [3.8, 4) is 5.40 Å². The van der Waals surface area contributed by atoms with Crippen molar-refractivity contribution in [2.75, 3.05) is 13.1 Å². The van der Waals surface area contributed by atoms with Crippen molar-refractivity contribution >= 4 is 35.7 Å². The van der Waals surface area contributed by atoms with E-state index >= 15 is 0 Å². The quantitative estimate of drug-likeness (QED) is 0.208. The van der Waals surface area contributed by atoms with Gasteiger partial charge in [0.05, 0.1) is 11.4 Å². The van der Waals surface area contributed by atoms with Crippen LogP contribution in [0.2, 0.25) is 0 Å². The van der Waals surface area contributed by atoms with Gasteiger partial charge in [-0.25, -0.2) is 5.26 Å². The average Bonchev–Trinajstić information content (AvgIpc) is 2.83. The van der Waals surface area contributed by atoms with Gasteiger partial charge in [0.2, 0.25) is 0 Å². The fourth-order valence-electron chi connectivity index (χ4n) is 2.11. The molecule has 0 saturated carbocycles. The predicted molar refractivity (Wildman–Crippen MR) is 95.2 cm³/mol. The van der Waals surface area contributed by atoms with E-state index in [1.165, 1.54) is 31.1 Å². The molecule has 0 spiro atoms. The maximum atomic E-state index is 7.13. The number of hydrogen-bond acceptors (Lipinski definition) is 5. The molecule has 2 rings (SSSR count). The smallest absolute Gasteiger partial charge is 0.189 e. The average molecular weight is 393 g/mol. The number of pyridine rings is 1. The molecular formula is C15H20N5NiS2-. The van der Waals surface area contributed by atoms with Gasteiger partial charge in [-0.2, -0.15) is 5.10 Å². The van der Waals surface area contributed by atoms with Crippen molar-refractivity contribution in [3.05, 3.63) is 30.1 Å². The number of thiocarbonyl (C=S) groups is 1. The molecule has 0 amide bonds. The van der Waals surface area contributed by atoms with Crippen molar-refractivity contribution < 1.29 is 16.5 Å². The van der Waals surface area contributed by atoms with Gasteiger partial charge >= 0.3 is 0 Å². The Balaban J connectivity index is 0.00000112. The minimum Gasteiger partial charge on any atom is -0.696 e. The second-order valence-electron chi connectivity index (χ2n) is 4.82. The third-order valence-corrected chi connectivity index (χ3v) is 3.60. The molecule has 2 heterocycles. The van der Waals surface area contributed by atoms with Crippen LogP contribution in [0.25, 0.3) is 0 Å². The Hall–Kier alpha value is -1.29. The van der Waals surface area contributed by atoms with Gasteiger partial charge in [-0.15, -0.1) is 0 Å². The molecule has 0 unspecified atom stereocenters. The molecule has 5 nitrogen and oxygen atoms in total. The van der Waals surface area contributed by atoms with E-state index in [0.717, 1.165) is 29.6 Å². The van der Waals surface area contributed by atoms with E-state index in [4.69, 9.17) is 17.5 Å². The fourth-order valence-corrected chi connectivity index (χ4v) is 2.34. The molecule has 1 aromatic heterocycles.